The minimum absolute atomic E-state index is 0.0267. The van der Waals surface area contributed by atoms with Gasteiger partial charge in [0.15, 0.2) is 17.3 Å². The fourth-order valence-electron chi connectivity index (χ4n) is 7.51. The lowest BCUT2D eigenvalue weighted by Gasteiger charge is -2.22. The van der Waals surface area contributed by atoms with Crippen LogP contribution in [0.5, 0.6) is 11.5 Å². The summed E-state index contributed by atoms with van der Waals surface area (Å²) in [4.78, 5) is 33.6. The fourth-order valence-corrected chi connectivity index (χ4v) is 8.04. The first kappa shape index (κ1) is 34.3. The highest BCUT2D eigenvalue weighted by Crippen LogP contribution is 2.46. The molecule has 3 aliphatic rings. The van der Waals surface area contributed by atoms with E-state index in [1.807, 2.05) is 53.9 Å². The SMILES string of the molecule is COc1c(CN2CC[C@H](C(=O)O)C2)cc(Cl)c(O[C@@H]2CCc3c(-c4cccc(NC(=O)c5nc6c(n5C)CCN(C)C6)c4Cl)cccc32)c1F. The lowest BCUT2D eigenvalue weighted by molar-refractivity contribution is -0.141. The first-order valence-electron chi connectivity index (χ1n) is 16.7. The zero-order valence-corrected chi connectivity index (χ0v) is 29.6. The zero-order valence-electron chi connectivity index (χ0n) is 28.1. The Labute approximate surface area is 299 Å². The number of likely N-dealkylation sites (N-methyl/N-ethyl adjacent to an activating group) is 1. The number of fused-ring (bicyclic) bond motifs is 2. The number of imidazole rings is 1. The maximum absolute atomic E-state index is 16.0. The lowest BCUT2D eigenvalue weighted by Crippen LogP contribution is -2.27. The molecule has 1 aromatic heterocycles. The number of aliphatic carboxylic acids is 1. The van der Waals surface area contributed by atoms with Crippen molar-refractivity contribution in [3.63, 3.8) is 0 Å². The van der Waals surface area contributed by atoms with Crippen molar-refractivity contribution in [2.75, 3.05) is 39.1 Å². The molecule has 3 heterocycles. The average molecular weight is 723 g/mol. The largest absolute Gasteiger partial charge is 0.493 e. The molecule has 1 aliphatic carbocycles. The van der Waals surface area contributed by atoms with Gasteiger partial charge in [-0.15, -0.1) is 0 Å². The van der Waals surface area contributed by atoms with Crippen molar-refractivity contribution in [3.8, 4) is 22.6 Å². The first-order valence-corrected chi connectivity index (χ1v) is 17.4. The third-order valence-electron chi connectivity index (χ3n) is 10.1. The van der Waals surface area contributed by atoms with Crippen molar-refractivity contribution < 1.29 is 28.6 Å². The van der Waals surface area contributed by atoms with Gasteiger partial charge in [0, 0.05) is 56.5 Å². The number of ether oxygens (including phenoxy) is 2. The van der Waals surface area contributed by atoms with Crippen LogP contribution in [0.4, 0.5) is 10.1 Å². The quantitative estimate of drug-likeness (QED) is 0.195. The second kappa shape index (κ2) is 13.9. The number of aromatic nitrogens is 2. The minimum atomic E-state index is -0.832. The van der Waals surface area contributed by atoms with Crippen molar-refractivity contribution in [2.45, 2.75) is 44.9 Å². The summed E-state index contributed by atoms with van der Waals surface area (Å²) in [5, 5.41) is 12.9. The number of benzene rings is 3. The minimum Gasteiger partial charge on any atom is -0.493 e. The van der Waals surface area contributed by atoms with Crippen molar-refractivity contribution >= 4 is 40.8 Å². The van der Waals surface area contributed by atoms with Crippen molar-refractivity contribution in [3.05, 3.63) is 92.2 Å². The number of carbonyl (C=O) groups is 2. The van der Waals surface area contributed by atoms with Gasteiger partial charge in [-0.3, -0.25) is 14.5 Å². The molecule has 0 unspecified atom stereocenters. The van der Waals surface area contributed by atoms with Gasteiger partial charge < -0.3 is 29.4 Å². The predicted molar refractivity (Wildman–Crippen MR) is 189 cm³/mol. The van der Waals surface area contributed by atoms with E-state index in [4.69, 9.17) is 32.7 Å². The van der Waals surface area contributed by atoms with Gasteiger partial charge in [-0.25, -0.2) is 4.98 Å². The number of nitrogens with one attached hydrogen (secondary N) is 1. The van der Waals surface area contributed by atoms with E-state index in [1.54, 1.807) is 12.1 Å². The molecule has 4 aromatic rings. The monoisotopic (exact) mass is 721 g/mol. The van der Waals surface area contributed by atoms with Gasteiger partial charge in [0.1, 0.15) is 6.10 Å². The van der Waals surface area contributed by atoms with E-state index in [1.165, 1.54) is 7.11 Å². The summed E-state index contributed by atoms with van der Waals surface area (Å²) in [6, 6.07) is 13.0. The molecule has 0 bridgehead atoms. The summed E-state index contributed by atoms with van der Waals surface area (Å²) in [6.07, 6.45) is 2.13. The Kier molecular flexibility index (Phi) is 9.51. The van der Waals surface area contributed by atoms with E-state index in [2.05, 4.69) is 15.2 Å². The van der Waals surface area contributed by atoms with Crippen molar-refractivity contribution in [1.82, 2.24) is 19.4 Å². The average Bonchev–Trinajstić information content (AvgIpc) is 3.81. The summed E-state index contributed by atoms with van der Waals surface area (Å²) in [6.45, 7) is 2.88. The molecule has 2 atom stereocenters. The molecule has 7 rings (SSSR count). The van der Waals surface area contributed by atoms with Crippen LogP contribution in [-0.4, -0.2) is 70.1 Å². The second-order valence-electron chi connectivity index (χ2n) is 13.3. The number of amides is 1. The number of hydrogen-bond donors (Lipinski definition) is 2. The number of likely N-dealkylation sites (tertiary alicyclic amines) is 1. The number of methoxy groups -OCH3 is 1. The number of carboxylic acids is 1. The van der Waals surface area contributed by atoms with E-state index < -0.39 is 23.8 Å². The molecule has 0 saturated carbocycles. The number of carboxylic acid groups (broad SMARTS) is 1. The fraction of sp³-hybridized carbons (Fsp3) is 0.378. The van der Waals surface area contributed by atoms with Gasteiger partial charge in [-0.1, -0.05) is 53.5 Å². The highest BCUT2D eigenvalue weighted by atomic mass is 35.5. The maximum Gasteiger partial charge on any atom is 0.307 e. The number of halogens is 3. The van der Waals surface area contributed by atoms with Crippen LogP contribution in [0.15, 0.2) is 42.5 Å². The molecule has 2 N–H and O–H groups in total. The Morgan fingerprint density at radius 2 is 1.84 bits per heavy atom. The van der Waals surface area contributed by atoms with Crippen LogP contribution in [0, 0.1) is 11.7 Å². The Hall–Kier alpha value is -4.16. The van der Waals surface area contributed by atoms with Crippen LogP contribution in [0.2, 0.25) is 10.0 Å². The molecule has 10 nitrogen and oxygen atoms in total. The van der Waals surface area contributed by atoms with Crippen LogP contribution < -0.4 is 14.8 Å². The van der Waals surface area contributed by atoms with Gasteiger partial charge in [0.2, 0.25) is 5.82 Å². The third-order valence-corrected chi connectivity index (χ3v) is 10.8. The molecular weight excluding hydrogens is 684 g/mol. The van der Waals surface area contributed by atoms with Crippen LogP contribution in [0.1, 0.15) is 57.6 Å². The standard InChI is InChI=1S/C37H38Cl2FN5O5/c1-43-14-13-29-28(19-43)41-35(44(29)2)36(46)42-27-9-5-8-25(31(27)39)22-6-4-7-24-23(22)10-11-30(24)50-34-26(38)16-21(33(49-3)32(34)40)18-45-15-12-20(17-45)37(47)48/h4-9,16,20,30H,10-15,17-19H2,1-3H3,(H,42,46)(H,47,48)/t20-,30+/m0/s1. The van der Waals surface area contributed by atoms with E-state index in [-0.39, 0.29) is 22.4 Å². The van der Waals surface area contributed by atoms with Crippen LogP contribution in [0.3, 0.4) is 0 Å². The van der Waals surface area contributed by atoms with Gasteiger partial charge in [0.05, 0.1) is 34.5 Å². The highest BCUT2D eigenvalue weighted by molar-refractivity contribution is 6.36. The van der Waals surface area contributed by atoms with Crippen molar-refractivity contribution in [1.29, 1.82) is 0 Å². The van der Waals surface area contributed by atoms with E-state index in [9.17, 15) is 14.7 Å². The molecule has 50 heavy (non-hydrogen) atoms. The van der Waals surface area contributed by atoms with E-state index in [0.29, 0.717) is 67.5 Å². The molecule has 2 aliphatic heterocycles. The van der Waals surface area contributed by atoms with E-state index in [0.717, 1.165) is 46.6 Å². The van der Waals surface area contributed by atoms with Gasteiger partial charge >= 0.3 is 5.97 Å². The van der Waals surface area contributed by atoms with Gasteiger partial charge in [-0.05, 0) is 61.7 Å². The number of anilines is 1. The van der Waals surface area contributed by atoms with E-state index >= 15 is 4.39 Å². The summed E-state index contributed by atoms with van der Waals surface area (Å²) in [5.74, 6) is -2.04. The Bertz CT molecular complexity index is 2000. The smallest absolute Gasteiger partial charge is 0.307 e. The molecule has 3 aromatic carbocycles. The number of carbonyl (C=O) groups excluding carboxylic acids is 1. The summed E-state index contributed by atoms with van der Waals surface area (Å²) in [7, 11) is 5.30. The topological polar surface area (TPSA) is 109 Å². The van der Waals surface area contributed by atoms with Gasteiger partial charge in [-0.2, -0.15) is 4.39 Å². The summed E-state index contributed by atoms with van der Waals surface area (Å²) < 4.78 is 29.6. The summed E-state index contributed by atoms with van der Waals surface area (Å²) >= 11 is 13.6. The molecular formula is C37H38Cl2FN5O5. The lowest BCUT2D eigenvalue weighted by atomic mass is 9.96. The molecule has 1 amide bonds. The van der Waals surface area contributed by atoms with Crippen LogP contribution in [-0.2, 0) is 37.8 Å². The molecule has 1 saturated heterocycles. The summed E-state index contributed by atoms with van der Waals surface area (Å²) in [5.41, 5.74) is 6.55. The second-order valence-corrected chi connectivity index (χ2v) is 14.1. The third kappa shape index (κ3) is 6.32. The predicted octanol–water partition coefficient (Wildman–Crippen LogP) is 6.75. The Morgan fingerprint density at radius 1 is 1.06 bits per heavy atom. The number of nitrogens with zero attached hydrogens (tertiary/aromatic N) is 4. The number of rotatable bonds is 9. The Balaban J connectivity index is 1.12. The van der Waals surface area contributed by atoms with Crippen LogP contribution >= 0.6 is 23.2 Å². The normalized spacial score (nSPS) is 18.9. The molecule has 0 spiro atoms. The first-order chi connectivity index (χ1) is 24.0. The maximum atomic E-state index is 16.0. The highest BCUT2D eigenvalue weighted by Gasteiger charge is 2.33. The van der Waals surface area contributed by atoms with Crippen molar-refractivity contribution in [2.24, 2.45) is 13.0 Å². The Morgan fingerprint density at radius 3 is 2.60 bits per heavy atom. The van der Waals surface area contributed by atoms with Gasteiger partial charge in [0.25, 0.3) is 5.91 Å². The molecule has 262 valence electrons. The molecule has 1 fully saturated rings. The number of hydrogen-bond acceptors (Lipinski definition) is 7. The molecule has 0 radical (unpaired) electrons. The van der Waals surface area contributed by atoms with Crippen LogP contribution in [0.25, 0.3) is 11.1 Å². The molecule has 13 heteroatoms. The zero-order chi connectivity index (χ0) is 35.3.